The van der Waals surface area contributed by atoms with Crippen LogP contribution in [0.5, 0.6) is 5.75 Å². The lowest BCUT2D eigenvalue weighted by atomic mass is 9.92. The first-order valence-corrected chi connectivity index (χ1v) is 11.4. The quantitative estimate of drug-likeness (QED) is 0.483. The minimum Gasteiger partial charge on any atom is -0.494 e. The topological polar surface area (TPSA) is 76.3 Å². The van der Waals surface area contributed by atoms with Gasteiger partial charge in [0.25, 0.3) is 0 Å². The summed E-state index contributed by atoms with van der Waals surface area (Å²) < 4.78 is 13.3. The lowest BCUT2D eigenvalue weighted by molar-refractivity contribution is 0.0548. The summed E-state index contributed by atoms with van der Waals surface area (Å²) in [6, 6.07) is 8.76. The van der Waals surface area contributed by atoms with Gasteiger partial charge >= 0.3 is 6.09 Å². The number of fused-ring (bicyclic) bond motifs is 1. The third kappa shape index (κ3) is 5.48. The first kappa shape index (κ1) is 24.2. The minimum absolute atomic E-state index is 0.369. The van der Waals surface area contributed by atoms with Crippen molar-refractivity contribution in [2.75, 3.05) is 6.61 Å². The maximum atomic E-state index is 12.1. The molecule has 6 nitrogen and oxygen atoms in total. The molecule has 1 aliphatic rings. The van der Waals surface area contributed by atoms with E-state index in [-0.39, 0.29) is 0 Å². The van der Waals surface area contributed by atoms with Gasteiger partial charge in [-0.25, -0.2) is 4.79 Å². The van der Waals surface area contributed by atoms with Gasteiger partial charge in [0.2, 0.25) is 0 Å². The summed E-state index contributed by atoms with van der Waals surface area (Å²) in [7, 11) is 0. The predicted octanol–water partition coefficient (Wildman–Crippen LogP) is 6.63. The van der Waals surface area contributed by atoms with Gasteiger partial charge in [-0.3, -0.25) is 5.32 Å². The summed E-state index contributed by atoms with van der Waals surface area (Å²) in [5.41, 5.74) is 3.45. The lowest BCUT2D eigenvalue weighted by Crippen LogP contribution is -2.31. The van der Waals surface area contributed by atoms with Gasteiger partial charge in [0, 0.05) is 17.1 Å². The molecule has 1 amide bonds. The summed E-state index contributed by atoms with van der Waals surface area (Å²) in [4.78, 5) is 12.1. The van der Waals surface area contributed by atoms with Crippen molar-refractivity contribution < 1.29 is 14.3 Å². The lowest BCUT2D eigenvalue weighted by Gasteiger charge is -2.30. The van der Waals surface area contributed by atoms with E-state index in [1.165, 1.54) is 6.42 Å². The molecular formula is C27H33N3O3. The number of aromatic nitrogens is 1. The van der Waals surface area contributed by atoms with Gasteiger partial charge < -0.3 is 14.0 Å². The fourth-order valence-electron chi connectivity index (χ4n) is 3.95. The van der Waals surface area contributed by atoms with Crippen molar-refractivity contribution in [3.63, 3.8) is 0 Å². The molecule has 0 unspecified atom stereocenters. The SMILES string of the molecule is C=C/C(=C\C=C(/C)c1c(C#N)c2cc(OCC)ccc2n1C1CCC1)NC(=O)OC(C)(C)C. The molecule has 1 aromatic carbocycles. The van der Waals surface area contributed by atoms with Gasteiger partial charge in [0.05, 0.1) is 23.4 Å². The van der Waals surface area contributed by atoms with Gasteiger partial charge in [-0.15, -0.1) is 0 Å². The molecule has 0 radical (unpaired) electrons. The van der Waals surface area contributed by atoms with E-state index in [1.54, 1.807) is 12.2 Å². The van der Waals surface area contributed by atoms with Crippen LogP contribution in [0.3, 0.4) is 0 Å². The van der Waals surface area contributed by atoms with Crippen LogP contribution in [0.25, 0.3) is 16.5 Å². The van der Waals surface area contributed by atoms with Crippen LogP contribution >= 0.6 is 0 Å². The average Bonchev–Trinajstić information content (AvgIpc) is 3.02. The molecular weight excluding hydrogens is 414 g/mol. The van der Waals surface area contributed by atoms with E-state index in [9.17, 15) is 10.1 Å². The normalized spacial score (nSPS) is 15.0. The zero-order valence-electron chi connectivity index (χ0n) is 20.2. The Morgan fingerprint density at radius 2 is 2.06 bits per heavy atom. The molecule has 1 aromatic heterocycles. The number of allylic oxidation sites excluding steroid dienone is 4. The van der Waals surface area contributed by atoms with Crippen LogP contribution in [0.1, 0.15) is 71.2 Å². The Balaban J connectivity index is 2.04. The van der Waals surface area contributed by atoms with Crippen molar-refractivity contribution in [3.05, 3.63) is 60.0 Å². The van der Waals surface area contributed by atoms with Gasteiger partial charge in [-0.05, 0) is 89.8 Å². The van der Waals surface area contributed by atoms with Crippen LogP contribution < -0.4 is 10.1 Å². The van der Waals surface area contributed by atoms with E-state index in [0.29, 0.717) is 23.9 Å². The van der Waals surface area contributed by atoms with Crippen molar-refractivity contribution in [1.82, 2.24) is 9.88 Å². The van der Waals surface area contributed by atoms with Gasteiger partial charge in [0.15, 0.2) is 0 Å². The fraction of sp³-hybridized carbons (Fsp3) is 0.407. The Kier molecular flexibility index (Phi) is 7.33. The second-order valence-electron chi connectivity index (χ2n) is 9.20. The monoisotopic (exact) mass is 447 g/mol. The van der Waals surface area contributed by atoms with Crippen molar-refractivity contribution in [3.8, 4) is 11.8 Å². The third-order valence-corrected chi connectivity index (χ3v) is 5.59. The second kappa shape index (κ2) is 9.99. The van der Waals surface area contributed by atoms with Crippen LogP contribution in [0.15, 0.2) is 48.7 Å². The Bertz CT molecular complexity index is 1150. The molecule has 0 aliphatic heterocycles. The summed E-state index contributed by atoms with van der Waals surface area (Å²) in [6.45, 7) is 13.7. The molecule has 2 aromatic rings. The predicted molar refractivity (Wildman–Crippen MR) is 132 cm³/mol. The number of nitrogens with zero attached hydrogens (tertiary/aromatic N) is 2. The molecule has 0 bridgehead atoms. The molecule has 1 saturated carbocycles. The Labute approximate surface area is 196 Å². The van der Waals surface area contributed by atoms with Crippen LogP contribution in [0.2, 0.25) is 0 Å². The molecule has 1 heterocycles. The molecule has 0 saturated heterocycles. The molecule has 3 rings (SSSR count). The number of carbonyl (C=O) groups excluding carboxylic acids is 1. The second-order valence-corrected chi connectivity index (χ2v) is 9.20. The first-order valence-electron chi connectivity index (χ1n) is 11.4. The van der Waals surface area contributed by atoms with Crippen LogP contribution in [0.4, 0.5) is 4.79 Å². The number of hydrogen-bond acceptors (Lipinski definition) is 4. The van der Waals surface area contributed by atoms with Crippen molar-refractivity contribution in [1.29, 1.82) is 5.26 Å². The van der Waals surface area contributed by atoms with E-state index in [4.69, 9.17) is 9.47 Å². The maximum absolute atomic E-state index is 12.1. The van der Waals surface area contributed by atoms with E-state index in [0.717, 1.165) is 40.8 Å². The molecule has 0 spiro atoms. The zero-order chi connectivity index (χ0) is 24.2. The molecule has 174 valence electrons. The number of amides is 1. The maximum Gasteiger partial charge on any atom is 0.412 e. The minimum atomic E-state index is -0.589. The number of carbonyl (C=O) groups is 1. The fourth-order valence-corrected chi connectivity index (χ4v) is 3.95. The molecule has 0 atom stereocenters. The molecule has 1 fully saturated rings. The number of hydrogen-bond donors (Lipinski definition) is 1. The number of ether oxygens (including phenoxy) is 2. The first-order chi connectivity index (χ1) is 15.7. The number of rotatable bonds is 7. The highest BCUT2D eigenvalue weighted by molar-refractivity contribution is 5.94. The molecule has 1 aliphatic carbocycles. The smallest absolute Gasteiger partial charge is 0.412 e. The largest absolute Gasteiger partial charge is 0.494 e. The number of nitriles is 1. The summed E-state index contributed by atoms with van der Waals surface area (Å²) in [5.74, 6) is 0.760. The molecule has 33 heavy (non-hydrogen) atoms. The highest BCUT2D eigenvalue weighted by atomic mass is 16.6. The third-order valence-electron chi connectivity index (χ3n) is 5.59. The van der Waals surface area contributed by atoms with Crippen LogP contribution in [-0.4, -0.2) is 22.9 Å². The number of nitrogens with one attached hydrogen (secondary N) is 1. The van der Waals surface area contributed by atoms with Gasteiger partial charge in [0.1, 0.15) is 17.4 Å². The molecule has 6 heteroatoms. The summed E-state index contributed by atoms with van der Waals surface area (Å²) >= 11 is 0. The highest BCUT2D eigenvalue weighted by Crippen LogP contribution is 2.41. The number of benzene rings is 1. The Hall–Kier alpha value is -3.46. The number of alkyl carbamates (subject to hydrolysis) is 1. The Morgan fingerprint density at radius 3 is 2.61 bits per heavy atom. The molecule has 1 N–H and O–H groups in total. The van der Waals surface area contributed by atoms with Crippen molar-refractivity contribution >= 4 is 22.6 Å². The highest BCUT2D eigenvalue weighted by Gasteiger charge is 2.27. The van der Waals surface area contributed by atoms with E-state index in [2.05, 4.69) is 22.5 Å². The van der Waals surface area contributed by atoms with Gasteiger partial charge in [-0.1, -0.05) is 12.7 Å². The van der Waals surface area contributed by atoms with Crippen molar-refractivity contribution in [2.45, 2.75) is 65.5 Å². The van der Waals surface area contributed by atoms with Gasteiger partial charge in [-0.2, -0.15) is 5.26 Å². The zero-order valence-corrected chi connectivity index (χ0v) is 20.2. The van der Waals surface area contributed by atoms with E-state index in [1.807, 2.05) is 58.9 Å². The van der Waals surface area contributed by atoms with Crippen LogP contribution in [0, 0.1) is 11.3 Å². The van der Waals surface area contributed by atoms with Crippen molar-refractivity contribution in [2.24, 2.45) is 0 Å². The van der Waals surface area contributed by atoms with E-state index >= 15 is 0 Å². The van der Waals surface area contributed by atoms with E-state index < -0.39 is 11.7 Å². The Morgan fingerprint density at radius 1 is 1.33 bits per heavy atom. The summed E-state index contributed by atoms with van der Waals surface area (Å²) in [5, 5.41) is 13.7. The summed E-state index contributed by atoms with van der Waals surface area (Å²) in [6.07, 6.45) is 8.08. The standard InChI is InChI=1S/C27H33N3O3/c1-7-19(29-26(31)33-27(4,5)6)13-12-18(3)25-23(17-28)22-16-21(32-8-2)14-15-24(22)30(25)20-10-9-11-20/h7,12-16,20H,1,8-11H2,2-6H3,(H,29,31)/b18-12+,19-13+. The average molecular weight is 448 g/mol. The van der Waals surface area contributed by atoms with Crippen LogP contribution in [-0.2, 0) is 4.74 Å².